The number of carbonyl (C=O) groups is 1. The van der Waals surface area contributed by atoms with Crippen LogP contribution in [-0.2, 0) is 0 Å². The first-order chi connectivity index (χ1) is 9.75. The van der Waals surface area contributed by atoms with E-state index < -0.39 is 5.97 Å². The molecule has 0 spiro atoms. The third-order valence-corrected chi connectivity index (χ3v) is 3.17. The fourth-order valence-electron chi connectivity index (χ4n) is 2.26. The van der Waals surface area contributed by atoms with Gasteiger partial charge in [0.05, 0.1) is 12.6 Å². The van der Waals surface area contributed by atoms with E-state index in [4.69, 9.17) is 9.84 Å². The molecule has 6 nitrogen and oxygen atoms in total. The largest absolute Gasteiger partial charge is 0.493 e. The molecule has 2 aromatic rings. The number of anilines is 1. The Kier molecular flexibility index (Phi) is 3.20. The molecular weight excluding hydrogens is 258 g/mol. The number of hydrogen-bond donors (Lipinski definition) is 2. The number of nitrogens with zero attached hydrogens (tertiary/aromatic N) is 2. The molecule has 1 aliphatic rings. The van der Waals surface area contributed by atoms with Gasteiger partial charge in [0.2, 0.25) is 0 Å². The first kappa shape index (κ1) is 12.4. The van der Waals surface area contributed by atoms with Crippen LogP contribution in [-0.4, -0.2) is 27.7 Å². The zero-order valence-electron chi connectivity index (χ0n) is 10.6. The van der Waals surface area contributed by atoms with Crippen LogP contribution in [0, 0.1) is 0 Å². The lowest BCUT2D eigenvalue weighted by Gasteiger charge is -2.27. The van der Waals surface area contributed by atoms with Crippen LogP contribution in [0.5, 0.6) is 5.75 Å². The van der Waals surface area contributed by atoms with Crippen LogP contribution in [0.4, 0.5) is 5.82 Å². The highest BCUT2D eigenvalue weighted by Gasteiger charge is 2.23. The highest BCUT2D eigenvalue weighted by atomic mass is 16.5. The first-order valence-corrected chi connectivity index (χ1v) is 6.28. The van der Waals surface area contributed by atoms with Crippen LogP contribution in [0.25, 0.3) is 0 Å². The SMILES string of the molecule is O=C(O)c1nccnc1NC1CCOc2ccccc21. The topological polar surface area (TPSA) is 84.3 Å². The third kappa shape index (κ3) is 2.27. The van der Waals surface area contributed by atoms with Crippen LogP contribution in [0.3, 0.4) is 0 Å². The number of rotatable bonds is 3. The van der Waals surface area contributed by atoms with Crippen molar-refractivity contribution in [3.8, 4) is 5.75 Å². The Morgan fingerprint density at radius 2 is 2.10 bits per heavy atom. The van der Waals surface area contributed by atoms with Gasteiger partial charge < -0.3 is 15.2 Å². The molecule has 20 heavy (non-hydrogen) atoms. The smallest absolute Gasteiger partial charge is 0.358 e. The van der Waals surface area contributed by atoms with Crippen molar-refractivity contribution in [1.82, 2.24) is 9.97 Å². The highest BCUT2D eigenvalue weighted by Crippen LogP contribution is 2.33. The average molecular weight is 271 g/mol. The van der Waals surface area contributed by atoms with Gasteiger partial charge in [0.15, 0.2) is 11.5 Å². The maximum absolute atomic E-state index is 11.1. The molecule has 1 aromatic carbocycles. The van der Waals surface area contributed by atoms with E-state index in [9.17, 15) is 4.79 Å². The average Bonchev–Trinajstić information content (AvgIpc) is 2.48. The Morgan fingerprint density at radius 3 is 2.95 bits per heavy atom. The number of carboxylic acids is 1. The van der Waals surface area contributed by atoms with E-state index >= 15 is 0 Å². The Morgan fingerprint density at radius 1 is 1.30 bits per heavy atom. The number of ether oxygens (including phenoxy) is 1. The molecule has 1 aromatic heterocycles. The van der Waals surface area contributed by atoms with Crippen molar-refractivity contribution in [2.45, 2.75) is 12.5 Å². The molecule has 1 unspecified atom stereocenters. The summed E-state index contributed by atoms with van der Waals surface area (Å²) in [6, 6.07) is 7.67. The van der Waals surface area contributed by atoms with E-state index in [1.807, 2.05) is 24.3 Å². The number of fused-ring (bicyclic) bond motifs is 1. The Hall–Kier alpha value is -2.63. The molecule has 0 saturated carbocycles. The van der Waals surface area contributed by atoms with Crippen LogP contribution in [0.15, 0.2) is 36.7 Å². The zero-order chi connectivity index (χ0) is 13.9. The molecule has 3 rings (SSSR count). The van der Waals surface area contributed by atoms with Crippen LogP contribution >= 0.6 is 0 Å². The molecule has 2 N–H and O–H groups in total. The summed E-state index contributed by atoms with van der Waals surface area (Å²) in [7, 11) is 0. The maximum atomic E-state index is 11.1. The van der Waals surface area contributed by atoms with E-state index in [1.54, 1.807) is 0 Å². The van der Waals surface area contributed by atoms with Crippen molar-refractivity contribution >= 4 is 11.8 Å². The summed E-state index contributed by atoms with van der Waals surface area (Å²) in [6.07, 6.45) is 3.58. The van der Waals surface area contributed by atoms with E-state index in [0.29, 0.717) is 6.61 Å². The minimum atomic E-state index is -1.10. The predicted molar refractivity (Wildman–Crippen MR) is 71.9 cm³/mol. The van der Waals surface area contributed by atoms with Gasteiger partial charge >= 0.3 is 5.97 Å². The third-order valence-electron chi connectivity index (χ3n) is 3.17. The standard InChI is InChI=1S/C14H13N3O3/c18-14(19)12-13(16-7-6-15-12)17-10-5-8-20-11-4-2-1-3-9(10)11/h1-4,6-7,10H,5,8H2,(H,16,17)(H,18,19). The normalized spacial score (nSPS) is 16.9. The van der Waals surface area contributed by atoms with Gasteiger partial charge in [-0.3, -0.25) is 0 Å². The van der Waals surface area contributed by atoms with Crippen molar-refractivity contribution in [2.75, 3.05) is 11.9 Å². The highest BCUT2D eigenvalue weighted by molar-refractivity contribution is 5.90. The Balaban J connectivity index is 1.92. The van der Waals surface area contributed by atoms with Crippen LogP contribution in [0.1, 0.15) is 28.5 Å². The molecule has 0 fully saturated rings. The number of carboxylic acid groups (broad SMARTS) is 1. The van der Waals surface area contributed by atoms with Gasteiger partial charge in [-0.15, -0.1) is 0 Å². The summed E-state index contributed by atoms with van der Waals surface area (Å²) in [5.74, 6) is -0.000312. The van der Waals surface area contributed by atoms with E-state index in [-0.39, 0.29) is 17.6 Å². The van der Waals surface area contributed by atoms with Crippen molar-refractivity contribution in [3.05, 3.63) is 47.9 Å². The van der Waals surface area contributed by atoms with Gasteiger partial charge in [-0.05, 0) is 6.07 Å². The fourth-order valence-corrected chi connectivity index (χ4v) is 2.26. The lowest BCUT2D eigenvalue weighted by atomic mass is 10.0. The van der Waals surface area contributed by atoms with Gasteiger partial charge in [0, 0.05) is 24.4 Å². The van der Waals surface area contributed by atoms with Gasteiger partial charge in [-0.25, -0.2) is 14.8 Å². The van der Waals surface area contributed by atoms with Gasteiger partial charge in [0.1, 0.15) is 5.75 Å². The summed E-state index contributed by atoms with van der Waals surface area (Å²) >= 11 is 0. The summed E-state index contributed by atoms with van der Waals surface area (Å²) in [5, 5.41) is 12.3. The minimum absolute atomic E-state index is 0.0326. The molecule has 102 valence electrons. The molecule has 0 radical (unpaired) electrons. The quantitative estimate of drug-likeness (QED) is 0.889. The molecule has 0 saturated heterocycles. The second kappa shape index (κ2) is 5.16. The number of nitrogens with one attached hydrogen (secondary N) is 1. The van der Waals surface area contributed by atoms with Crippen molar-refractivity contribution < 1.29 is 14.6 Å². The number of hydrogen-bond acceptors (Lipinski definition) is 5. The summed E-state index contributed by atoms with van der Waals surface area (Å²) < 4.78 is 5.58. The molecule has 0 amide bonds. The molecule has 0 aliphatic carbocycles. The maximum Gasteiger partial charge on any atom is 0.358 e. The number of aromatic nitrogens is 2. The predicted octanol–water partition coefficient (Wildman–Crippen LogP) is 2.11. The monoisotopic (exact) mass is 271 g/mol. The Labute approximate surface area is 115 Å². The van der Waals surface area contributed by atoms with Gasteiger partial charge in [0.25, 0.3) is 0 Å². The zero-order valence-corrected chi connectivity index (χ0v) is 10.6. The van der Waals surface area contributed by atoms with Crippen molar-refractivity contribution in [2.24, 2.45) is 0 Å². The number of aromatic carboxylic acids is 1. The molecule has 2 heterocycles. The number of benzene rings is 1. The molecule has 1 atom stereocenters. The van der Waals surface area contributed by atoms with Crippen LogP contribution < -0.4 is 10.1 Å². The molecule has 1 aliphatic heterocycles. The summed E-state index contributed by atoms with van der Waals surface area (Å²) in [4.78, 5) is 19.1. The van der Waals surface area contributed by atoms with Crippen LogP contribution in [0.2, 0.25) is 0 Å². The fraction of sp³-hybridized carbons (Fsp3) is 0.214. The second-order valence-electron chi connectivity index (χ2n) is 4.43. The number of para-hydroxylation sites is 1. The van der Waals surface area contributed by atoms with Gasteiger partial charge in [-0.1, -0.05) is 18.2 Å². The lowest BCUT2D eigenvalue weighted by molar-refractivity contribution is 0.0691. The Bertz CT molecular complexity index is 645. The minimum Gasteiger partial charge on any atom is -0.493 e. The molecule has 0 bridgehead atoms. The molecule has 6 heteroatoms. The molecular formula is C14H13N3O3. The van der Waals surface area contributed by atoms with E-state index in [1.165, 1.54) is 12.4 Å². The van der Waals surface area contributed by atoms with E-state index in [2.05, 4.69) is 15.3 Å². The van der Waals surface area contributed by atoms with Gasteiger partial charge in [-0.2, -0.15) is 0 Å². The van der Waals surface area contributed by atoms with Crippen molar-refractivity contribution in [1.29, 1.82) is 0 Å². The first-order valence-electron chi connectivity index (χ1n) is 6.28. The second-order valence-corrected chi connectivity index (χ2v) is 4.43. The van der Waals surface area contributed by atoms with Crippen molar-refractivity contribution in [3.63, 3.8) is 0 Å². The summed E-state index contributed by atoms with van der Waals surface area (Å²) in [5.41, 5.74) is 0.928. The van der Waals surface area contributed by atoms with E-state index in [0.717, 1.165) is 17.7 Å². The summed E-state index contributed by atoms with van der Waals surface area (Å²) in [6.45, 7) is 0.581. The lowest BCUT2D eigenvalue weighted by Crippen LogP contribution is -2.22.